The lowest BCUT2D eigenvalue weighted by Gasteiger charge is -2.28. The molecule has 0 atom stereocenters. The minimum atomic E-state index is 0.305. The fourth-order valence-electron chi connectivity index (χ4n) is 3.65. The van der Waals surface area contributed by atoms with Gasteiger partial charge < -0.3 is 19.4 Å². The van der Waals surface area contributed by atoms with Crippen molar-refractivity contribution < 1.29 is 9.47 Å². The number of hydrogen-bond donors (Lipinski definition) is 2. The van der Waals surface area contributed by atoms with E-state index < -0.39 is 0 Å². The van der Waals surface area contributed by atoms with Crippen molar-refractivity contribution in [1.29, 1.82) is 0 Å². The first-order valence-electron chi connectivity index (χ1n) is 10.9. The van der Waals surface area contributed by atoms with Crippen LogP contribution < -0.4 is 15.1 Å². The highest BCUT2D eigenvalue weighted by atomic mass is 16.5. The Bertz CT molecular complexity index is 1220. The van der Waals surface area contributed by atoms with Crippen LogP contribution in [0.25, 0.3) is 10.9 Å². The number of anilines is 2. The van der Waals surface area contributed by atoms with Gasteiger partial charge in [0.1, 0.15) is 5.82 Å². The summed E-state index contributed by atoms with van der Waals surface area (Å²) in [6.45, 7) is 3.30. The lowest BCUT2D eigenvalue weighted by molar-refractivity contribution is 0.122. The number of H-pyrrole nitrogens is 1. The van der Waals surface area contributed by atoms with E-state index in [4.69, 9.17) is 9.47 Å². The Balaban J connectivity index is 1.31. The summed E-state index contributed by atoms with van der Waals surface area (Å²) >= 11 is 0. The van der Waals surface area contributed by atoms with E-state index in [9.17, 15) is 0 Å². The number of aromatic amines is 1. The predicted molar refractivity (Wildman–Crippen MR) is 128 cm³/mol. The minimum absolute atomic E-state index is 0.305. The molecule has 9 nitrogen and oxygen atoms in total. The molecule has 0 saturated carbocycles. The van der Waals surface area contributed by atoms with Crippen LogP contribution in [-0.4, -0.2) is 59.1 Å². The highest BCUT2D eigenvalue weighted by molar-refractivity contribution is 5.99. The highest BCUT2D eigenvalue weighted by Crippen LogP contribution is 2.21. The molecule has 1 fully saturated rings. The summed E-state index contributed by atoms with van der Waals surface area (Å²) in [7, 11) is 0. The van der Waals surface area contributed by atoms with Crippen LogP contribution in [0.1, 0.15) is 11.3 Å². The number of pyridine rings is 1. The van der Waals surface area contributed by atoms with Gasteiger partial charge in [0.05, 0.1) is 26.0 Å². The number of para-hydroxylation sites is 1. The van der Waals surface area contributed by atoms with Gasteiger partial charge in [-0.05, 0) is 18.2 Å². The van der Waals surface area contributed by atoms with Crippen LogP contribution >= 0.6 is 0 Å². The number of ether oxygens (including phenoxy) is 2. The summed E-state index contributed by atoms with van der Waals surface area (Å²) < 4.78 is 11.3. The quantitative estimate of drug-likeness (QED) is 0.318. The average molecular weight is 444 g/mol. The fourth-order valence-corrected chi connectivity index (χ4v) is 3.65. The lowest BCUT2D eigenvalue weighted by atomic mass is 10.2. The number of rotatable bonds is 8. The van der Waals surface area contributed by atoms with E-state index in [0.29, 0.717) is 38.1 Å². The Kier molecular flexibility index (Phi) is 6.39. The van der Waals surface area contributed by atoms with Gasteiger partial charge in [0.25, 0.3) is 0 Å². The Morgan fingerprint density at radius 3 is 2.88 bits per heavy atom. The Hall–Kier alpha value is -3.98. The number of hydrogen-bond acceptors (Lipinski definition) is 8. The van der Waals surface area contributed by atoms with Crippen LogP contribution in [0, 0.1) is 0 Å². The zero-order valence-electron chi connectivity index (χ0n) is 18.1. The van der Waals surface area contributed by atoms with Gasteiger partial charge in [-0.25, -0.2) is 0 Å². The van der Waals surface area contributed by atoms with Gasteiger partial charge in [0.2, 0.25) is 0 Å². The normalized spacial score (nSPS) is 14.1. The van der Waals surface area contributed by atoms with Gasteiger partial charge >= 0.3 is 6.01 Å². The number of nitrogens with one attached hydrogen (secondary N) is 2. The maximum atomic E-state index is 5.87. The first-order chi connectivity index (χ1) is 16.3. The second-order valence-corrected chi connectivity index (χ2v) is 7.57. The minimum Gasteiger partial charge on any atom is -0.463 e. The maximum Gasteiger partial charge on any atom is 0.320 e. The number of hydrazone groups is 1. The van der Waals surface area contributed by atoms with Gasteiger partial charge in [-0.15, -0.1) is 0 Å². The van der Waals surface area contributed by atoms with Crippen molar-refractivity contribution >= 4 is 28.8 Å². The van der Waals surface area contributed by atoms with Crippen LogP contribution in [0.15, 0.2) is 66.0 Å². The molecule has 0 unspecified atom stereocenters. The van der Waals surface area contributed by atoms with E-state index in [1.54, 1.807) is 12.4 Å². The number of fused-ring (bicyclic) bond motifs is 1. The van der Waals surface area contributed by atoms with E-state index >= 15 is 0 Å². The predicted octanol–water partition coefficient (Wildman–Crippen LogP) is 3.26. The molecule has 3 aromatic heterocycles. The molecule has 5 rings (SSSR count). The number of nitrogens with zero attached hydrogens (tertiary/aromatic N) is 5. The third-order valence-electron chi connectivity index (χ3n) is 5.35. The Labute approximate surface area is 191 Å². The average Bonchev–Trinajstić information content (AvgIpc) is 3.28. The molecule has 168 valence electrons. The molecule has 1 saturated heterocycles. The monoisotopic (exact) mass is 443 g/mol. The van der Waals surface area contributed by atoms with Gasteiger partial charge in [-0.3, -0.25) is 10.4 Å². The smallest absolute Gasteiger partial charge is 0.320 e. The molecule has 0 aliphatic carbocycles. The zero-order valence-corrected chi connectivity index (χ0v) is 18.1. The SMILES string of the molecule is C(=NNc1cc(N2CCOCC2)nc(OCCc2ccccn2)n1)c1c[nH]c2ccccc12. The Morgan fingerprint density at radius 1 is 1.12 bits per heavy atom. The first-order valence-corrected chi connectivity index (χ1v) is 10.9. The highest BCUT2D eigenvalue weighted by Gasteiger charge is 2.15. The third-order valence-corrected chi connectivity index (χ3v) is 5.35. The summed E-state index contributed by atoms with van der Waals surface area (Å²) in [5, 5.41) is 5.50. The van der Waals surface area contributed by atoms with Crippen LogP contribution in [0.3, 0.4) is 0 Å². The molecule has 0 amide bonds. The topological polar surface area (TPSA) is 101 Å². The van der Waals surface area contributed by atoms with E-state index in [1.165, 1.54) is 0 Å². The van der Waals surface area contributed by atoms with Gasteiger partial charge in [-0.1, -0.05) is 24.3 Å². The van der Waals surface area contributed by atoms with E-state index in [-0.39, 0.29) is 0 Å². The fraction of sp³-hybridized carbons (Fsp3) is 0.250. The molecule has 1 aliphatic heterocycles. The summed E-state index contributed by atoms with van der Waals surface area (Å²) in [5.74, 6) is 1.35. The zero-order chi connectivity index (χ0) is 22.3. The van der Waals surface area contributed by atoms with Crippen molar-refractivity contribution in [3.05, 3.63) is 72.2 Å². The molecule has 0 spiro atoms. The molecule has 4 heterocycles. The number of morpholine rings is 1. The van der Waals surface area contributed by atoms with Crippen molar-refractivity contribution in [3.8, 4) is 6.01 Å². The van der Waals surface area contributed by atoms with Crippen LogP contribution in [0.4, 0.5) is 11.6 Å². The van der Waals surface area contributed by atoms with E-state index in [1.807, 2.05) is 48.7 Å². The second-order valence-electron chi connectivity index (χ2n) is 7.57. The van der Waals surface area contributed by atoms with Crippen molar-refractivity contribution in [3.63, 3.8) is 0 Å². The standard InChI is InChI=1S/C24H25N7O2/c1-2-7-21-20(6-1)18(16-26-21)17-27-30-22-15-23(31-10-13-32-14-11-31)29-24(28-22)33-12-8-19-5-3-4-9-25-19/h1-7,9,15-17,26H,8,10-14H2,(H,28,29,30). The van der Waals surface area contributed by atoms with Crippen molar-refractivity contribution in [2.75, 3.05) is 43.2 Å². The number of aromatic nitrogens is 4. The summed E-state index contributed by atoms with van der Waals surface area (Å²) in [6, 6.07) is 16.1. The molecule has 33 heavy (non-hydrogen) atoms. The van der Waals surface area contributed by atoms with Crippen LogP contribution in [0.2, 0.25) is 0 Å². The second kappa shape index (κ2) is 10.1. The van der Waals surface area contributed by atoms with E-state index in [2.05, 4.69) is 41.4 Å². The van der Waals surface area contributed by atoms with E-state index in [0.717, 1.165) is 41.1 Å². The summed E-state index contributed by atoms with van der Waals surface area (Å²) in [4.78, 5) is 18.8. The molecule has 1 aliphatic rings. The van der Waals surface area contributed by atoms with Gasteiger partial charge in [0.15, 0.2) is 5.82 Å². The molecule has 0 bridgehead atoms. The summed E-state index contributed by atoms with van der Waals surface area (Å²) in [6.07, 6.45) is 6.16. The largest absolute Gasteiger partial charge is 0.463 e. The molecule has 2 N–H and O–H groups in total. The lowest BCUT2D eigenvalue weighted by Crippen LogP contribution is -2.36. The number of benzene rings is 1. The molecule has 9 heteroatoms. The Morgan fingerprint density at radius 2 is 2.00 bits per heavy atom. The molecule has 0 radical (unpaired) electrons. The summed E-state index contributed by atoms with van der Waals surface area (Å²) in [5.41, 5.74) is 6.05. The van der Waals surface area contributed by atoms with Gasteiger partial charge in [0, 0.05) is 60.1 Å². The third kappa shape index (κ3) is 5.27. The van der Waals surface area contributed by atoms with Crippen LogP contribution in [-0.2, 0) is 11.2 Å². The molecule has 4 aromatic rings. The maximum absolute atomic E-state index is 5.87. The molecule has 1 aromatic carbocycles. The van der Waals surface area contributed by atoms with Crippen molar-refractivity contribution in [1.82, 2.24) is 19.9 Å². The molecular formula is C24H25N7O2. The van der Waals surface area contributed by atoms with Crippen molar-refractivity contribution in [2.24, 2.45) is 5.10 Å². The first kappa shape index (κ1) is 20.9. The molecular weight excluding hydrogens is 418 g/mol. The van der Waals surface area contributed by atoms with Gasteiger partial charge in [-0.2, -0.15) is 15.1 Å². The van der Waals surface area contributed by atoms with Crippen molar-refractivity contribution in [2.45, 2.75) is 6.42 Å². The van der Waals surface area contributed by atoms with Crippen LogP contribution in [0.5, 0.6) is 6.01 Å².